The first-order valence-electron chi connectivity index (χ1n) is 10.5. The van der Waals surface area contributed by atoms with Crippen molar-refractivity contribution in [2.75, 3.05) is 26.2 Å². The molecule has 0 aliphatic carbocycles. The van der Waals surface area contributed by atoms with Crippen LogP contribution < -0.4 is 5.32 Å². The molecule has 1 aliphatic rings. The highest BCUT2D eigenvalue weighted by molar-refractivity contribution is 5.37. The second-order valence-electron chi connectivity index (χ2n) is 7.88. The molecule has 2 heterocycles. The zero-order valence-electron chi connectivity index (χ0n) is 17.6. The fourth-order valence-electron chi connectivity index (χ4n) is 4.01. The van der Waals surface area contributed by atoms with E-state index in [0.717, 1.165) is 56.4 Å². The molecule has 30 heavy (non-hydrogen) atoms. The number of halogens is 1. The Morgan fingerprint density at radius 2 is 1.87 bits per heavy atom. The Hall–Kier alpha value is -2.54. The smallest absolute Gasteiger partial charge is 0.123 e. The number of hydrogen-bond acceptors (Lipinski definition) is 4. The minimum atomic E-state index is -0.240. The third-order valence-electron chi connectivity index (χ3n) is 5.66. The summed E-state index contributed by atoms with van der Waals surface area (Å²) in [6.45, 7) is 9.22. The van der Waals surface area contributed by atoms with Gasteiger partial charge in [-0.25, -0.2) is 9.07 Å². The minimum Gasteiger partial charge on any atom is -0.374 e. The molecule has 0 spiro atoms. The van der Waals surface area contributed by atoms with Crippen molar-refractivity contribution >= 4 is 0 Å². The zero-order chi connectivity index (χ0) is 20.9. The van der Waals surface area contributed by atoms with Gasteiger partial charge >= 0.3 is 0 Å². The Bertz CT molecular complexity index is 955. The summed E-state index contributed by atoms with van der Waals surface area (Å²) in [5.74, 6) is -0.240. The second kappa shape index (κ2) is 9.51. The van der Waals surface area contributed by atoms with E-state index in [-0.39, 0.29) is 11.9 Å². The molecular weight excluding hydrogens is 379 g/mol. The predicted octanol–water partition coefficient (Wildman–Crippen LogP) is 3.62. The first-order valence-corrected chi connectivity index (χ1v) is 10.5. The molecule has 4 rings (SSSR count). The van der Waals surface area contributed by atoms with Crippen LogP contribution in [0.25, 0.3) is 5.69 Å². The number of nitrogens with zero attached hydrogens (tertiary/aromatic N) is 3. The van der Waals surface area contributed by atoms with Gasteiger partial charge in [0.25, 0.3) is 0 Å². The number of nitrogens with one attached hydrogen (secondary N) is 1. The van der Waals surface area contributed by atoms with Gasteiger partial charge in [0.1, 0.15) is 5.82 Å². The van der Waals surface area contributed by atoms with Crippen LogP contribution >= 0.6 is 0 Å². The van der Waals surface area contributed by atoms with Gasteiger partial charge in [-0.05, 0) is 43.7 Å². The molecule has 0 amide bonds. The van der Waals surface area contributed by atoms with Gasteiger partial charge in [-0.2, -0.15) is 5.10 Å². The molecule has 1 aromatic heterocycles. The van der Waals surface area contributed by atoms with Crippen LogP contribution in [0.2, 0.25) is 0 Å². The molecule has 1 N–H and O–H groups in total. The van der Waals surface area contributed by atoms with Gasteiger partial charge in [0.15, 0.2) is 0 Å². The van der Waals surface area contributed by atoms with Crippen LogP contribution in [0.5, 0.6) is 0 Å². The lowest BCUT2D eigenvalue weighted by Gasteiger charge is -2.33. The van der Waals surface area contributed by atoms with Crippen LogP contribution in [-0.4, -0.2) is 47.0 Å². The molecule has 3 aromatic rings. The third-order valence-corrected chi connectivity index (χ3v) is 5.66. The molecule has 5 nitrogen and oxygen atoms in total. The summed E-state index contributed by atoms with van der Waals surface area (Å²) in [7, 11) is 0. The van der Waals surface area contributed by atoms with E-state index in [4.69, 9.17) is 4.74 Å². The van der Waals surface area contributed by atoms with Crippen LogP contribution in [0.3, 0.4) is 0 Å². The van der Waals surface area contributed by atoms with E-state index in [9.17, 15) is 4.39 Å². The molecule has 1 atom stereocenters. The first kappa shape index (κ1) is 20.7. The average molecular weight is 409 g/mol. The van der Waals surface area contributed by atoms with Crippen molar-refractivity contribution in [3.05, 3.63) is 82.9 Å². The van der Waals surface area contributed by atoms with Gasteiger partial charge in [-0.3, -0.25) is 4.90 Å². The van der Waals surface area contributed by atoms with Gasteiger partial charge in [0.2, 0.25) is 0 Å². The number of aryl methyl sites for hydroxylation is 1. The zero-order valence-corrected chi connectivity index (χ0v) is 17.6. The maximum atomic E-state index is 13.2. The standard InChI is InChI=1S/C24H29FN4O/c1-18-24(19(2)29(27-18)22-10-8-21(25)9-11-22)15-26-14-23-17-28(12-13-30-23)16-20-6-4-3-5-7-20/h3-11,23,26H,12-17H2,1-2H3. The Balaban J connectivity index is 1.32. The number of hydrogen-bond donors (Lipinski definition) is 1. The molecule has 0 saturated carbocycles. The van der Waals surface area contributed by atoms with Crippen molar-refractivity contribution in [3.8, 4) is 5.69 Å². The third kappa shape index (κ3) is 4.95. The van der Waals surface area contributed by atoms with Crippen molar-refractivity contribution in [1.82, 2.24) is 20.0 Å². The Morgan fingerprint density at radius 1 is 1.10 bits per heavy atom. The van der Waals surface area contributed by atoms with Crippen LogP contribution in [0.1, 0.15) is 22.5 Å². The molecule has 1 aliphatic heterocycles. The second-order valence-corrected chi connectivity index (χ2v) is 7.88. The van der Waals surface area contributed by atoms with E-state index in [1.165, 1.54) is 23.3 Å². The highest BCUT2D eigenvalue weighted by Gasteiger charge is 2.21. The van der Waals surface area contributed by atoms with Gasteiger partial charge in [-0.1, -0.05) is 30.3 Å². The fourth-order valence-corrected chi connectivity index (χ4v) is 4.01. The maximum absolute atomic E-state index is 13.2. The van der Waals surface area contributed by atoms with Crippen molar-refractivity contribution in [1.29, 1.82) is 0 Å². The Morgan fingerprint density at radius 3 is 2.63 bits per heavy atom. The Kier molecular flexibility index (Phi) is 6.57. The highest BCUT2D eigenvalue weighted by Crippen LogP contribution is 2.18. The van der Waals surface area contributed by atoms with Crippen molar-refractivity contribution in [3.63, 3.8) is 0 Å². The molecule has 6 heteroatoms. The monoisotopic (exact) mass is 408 g/mol. The van der Waals surface area contributed by atoms with E-state index in [1.807, 2.05) is 11.6 Å². The normalized spacial score (nSPS) is 17.4. The number of aromatic nitrogens is 2. The highest BCUT2D eigenvalue weighted by atomic mass is 19.1. The lowest BCUT2D eigenvalue weighted by atomic mass is 10.1. The minimum absolute atomic E-state index is 0.176. The molecule has 1 unspecified atom stereocenters. The van der Waals surface area contributed by atoms with E-state index >= 15 is 0 Å². The van der Waals surface area contributed by atoms with Gasteiger partial charge in [-0.15, -0.1) is 0 Å². The van der Waals surface area contributed by atoms with Crippen LogP contribution in [0, 0.1) is 19.7 Å². The summed E-state index contributed by atoms with van der Waals surface area (Å²) in [6, 6.07) is 17.0. The number of benzene rings is 2. The maximum Gasteiger partial charge on any atom is 0.123 e. The van der Waals surface area contributed by atoms with E-state index in [1.54, 1.807) is 12.1 Å². The molecule has 158 valence electrons. The molecule has 0 radical (unpaired) electrons. The van der Waals surface area contributed by atoms with Crippen molar-refractivity contribution in [2.24, 2.45) is 0 Å². The number of rotatable bonds is 7. The molecular formula is C24H29FN4O. The fraction of sp³-hybridized carbons (Fsp3) is 0.375. The van der Waals surface area contributed by atoms with Gasteiger partial charge in [0.05, 0.1) is 24.1 Å². The summed E-state index contributed by atoms with van der Waals surface area (Å²) in [4.78, 5) is 2.45. The number of ether oxygens (including phenoxy) is 1. The largest absolute Gasteiger partial charge is 0.374 e. The average Bonchev–Trinajstić information content (AvgIpc) is 3.04. The van der Waals surface area contributed by atoms with Crippen molar-refractivity contribution in [2.45, 2.75) is 33.0 Å². The topological polar surface area (TPSA) is 42.3 Å². The summed E-state index contributed by atoms with van der Waals surface area (Å²) in [6.07, 6.45) is 0.176. The van der Waals surface area contributed by atoms with E-state index < -0.39 is 0 Å². The molecule has 2 aromatic carbocycles. The van der Waals surface area contributed by atoms with Gasteiger partial charge in [0, 0.05) is 44.0 Å². The van der Waals surface area contributed by atoms with Crippen LogP contribution in [0.4, 0.5) is 4.39 Å². The van der Waals surface area contributed by atoms with E-state index in [0.29, 0.717) is 0 Å². The lowest BCUT2D eigenvalue weighted by Crippen LogP contribution is -2.46. The quantitative estimate of drug-likeness (QED) is 0.649. The van der Waals surface area contributed by atoms with Gasteiger partial charge < -0.3 is 10.1 Å². The van der Waals surface area contributed by atoms with Crippen LogP contribution in [-0.2, 0) is 17.8 Å². The summed E-state index contributed by atoms with van der Waals surface area (Å²) < 4.78 is 21.1. The lowest BCUT2D eigenvalue weighted by molar-refractivity contribution is -0.0300. The molecule has 1 fully saturated rings. The van der Waals surface area contributed by atoms with Crippen LogP contribution in [0.15, 0.2) is 54.6 Å². The van der Waals surface area contributed by atoms with Crippen molar-refractivity contribution < 1.29 is 9.13 Å². The first-order chi connectivity index (χ1) is 14.6. The predicted molar refractivity (Wildman–Crippen MR) is 116 cm³/mol. The Labute approximate surface area is 177 Å². The summed E-state index contributed by atoms with van der Waals surface area (Å²) >= 11 is 0. The SMILES string of the molecule is Cc1nn(-c2ccc(F)cc2)c(C)c1CNCC1CN(Cc2ccccc2)CCO1. The summed E-state index contributed by atoms with van der Waals surface area (Å²) in [5.41, 5.74) is 5.44. The summed E-state index contributed by atoms with van der Waals surface area (Å²) in [5, 5.41) is 8.20. The molecule has 0 bridgehead atoms. The van der Waals surface area contributed by atoms with E-state index in [2.05, 4.69) is 52.6 Å². The number of morpholine rings is 1. The molecule has 1 saturated heterocycles.